The summed E-state index contributed by atoms with van der Waals surface area (Å²) >= 11 is 0. The Morgan fingerprint density at radius 2 is 1.96 bits per heavy atom. The lowest BCUT2D eigenvalue weighted by Crippen LogP contribution is -2.49. The normalized spacial score (nSPS) is 17.6. The predicted octanol–water partition coefficient (Wildman–Crippen LogP) is 2.50. The van der Waals surface area contributed by atoms with E-state index in [2.05, 4.69) is 27.3 Å². The molecule has 1 N–H and O–H groups in total. The number of carbonyl (C=O) groups is 1. The van der Waals surface area contributed by atoms with Crippen LogP contribution in [0.25, 0.3) is 11.1 Å². The van der Waals surface area contributed by atoms with Gasteiger partial charge in [0, 0.05) is 13.6 Å². The molecule has 24 heavy (non-hydrogen) atoms. The number of para-hydroxylation sites is 2. The highest BCUT2D eigenvalue weighted by molar-refractivity contribution is 5.82. The van der Waals surface area contributed by atoms with Gasteiger partial charge < -0.3 is 9.73 Å². The predicted molar refractivity (Wildman–Crippen MR) is 91.3 cm³/mol. The fraction of sp³-hybridized carbons (Fsp3) is 0.263. The topological polar surface area (TPSA) is 58.4 Å². The maximum absolute atomic E-state index is 12.3. The quantitative estimate of drug-likeness (QED) is 0.805. The third-order valence-corrected chi connectivity index (χ3v) is 4.57. The number of oxazole rings is 1. The first-order valence-electron chi connectivity index (χ1n) is 8.11. The van der Waals surface area contributed by atoms with Crippen molar-refractivity contribution < 1.29 is 9.21 Å². The van der Waals surface area contributed by atoms with E-state index in [9.17, 15) is 4.79 Å². The van der Waals surface area contributed by atoms with Gasteiger partial charge in [-0.15, -0.1) is 0 Å². The summed E-state index contributed by atoms with van der Waals surface area (Å²) in [6.07, 6.45) is 0.704. The highest BCUT2D eigenvalue weighted by Gasteiger charge is 2.31. The average Bonchev–Trinajstić information content (AvgIpc) is 3.02. The summed E-state index contributed by atoms with van der Waals surface area (Å²) in [5.41, 5.74) is 4.12. The average molecular weight is 321 g/mol. The molecule has 5 heteroatoms. The fourth-order valence-electron chi connectivity index (χ4n) is 3.33. The second-order valence-corrected chi connectivity index (χ2v) is 6.08. The standard InChI is InChI=1S/C19H19N3O2/c1-20-19(23)16-10-13-6-2-3-7-14(13)11-22(16)12-18-21-15-8-4-5-9-17(15)24-18/h2-9,16H,10-12H2,1H3,(H,20,23)/t16-/m0/s1. The minimum absolute atomic E-state index is 0.0283. The first-order valence-corrected chi connectivity index (χ1v) is 8.11. The van der Waals surface area contributed by atoms with E-state index in [1.165, 1.54) is 11.1 Å². The van der Waals surface area contributed by atoms with Gasteiger partial charge in [-0.25, -0.2) is 4.98 Å². The van der Waals surface area contributed by atoms with Crippen LogP contribution in [0.3, 0.4) is 0 Å². The van der Waals surface area contributed by atoms with Crippen molar-refractivity contribution in [2.24, 2.45) is 0 Å². The Bertz CT molecular complexity index is 854. The van der Waals surface area contributed by atoms with Crippen LogP contribution in [0, 0.1) is 0 Å². The van der Waals surface area contributed by atoms with Crippen LogP contribution in [-0.2, 0) is 24.3 Å². The zero-order valence-corrected chi connectivity index (χ0v) is 13.5. The van der Waals surface area contributed by atoms with Crippen molar-refractivity contribution in [1.82, 2.24) is 15.2 Å². The number of carbonyl (C=O) groups excluding carboxylic acids is 1. The SMILES string of the molecule is CNC(=O)[C@@H]1Cc2ccccc2CN1Cc1nc2ccccc2o1. The van der Waals surface area contributed by atoms with Gasteiger partial charge in [-0.3, -0.25) is 9.69 Å². The number of benzene rings is 2. The number of amides is 1. The Morgan fingerprint density at radius 1 is 1.21 bits per heavy atom. The molecule has 2 heterocycles. The van der Waals surface area contributed by atoms with Crippen LogP contribution in [0.4, 0.5) is 0 Å². The summed E-state index contributed by atoms with van der Waals surface area (Å²) in [4.78, 5) is 19.0. The molecule has 0 radical (unpaired) electrons. The van der Waals surface area contributed by atoms with Crippen molar-refractivity contribution in [3.05, 3.63) is 65.5 Å². The number of nitrogens with one attached hydrogen (secondary N) is 1. The highest BCUT2D eigenvalue weighted by atomic mass is 16.3. The zero-order valence-electron chi connectivity index (χ0n) is 13.5. The van der Waals surface area contributed by atoms with E-state index in [0.717, 1.165) is 11.1 Å². The highest BCUT2D eigenvalue weighted by Crippen LogP contribution is 2.26. The summed E-state index contributed by atoms with van der Waals surface area (Å²) in [6, 6.07) is 15.8. The van der Waals surface area contributed by atoms with E-state index < -0.39 is 0 Å². The molecular formula is C19H19N3O2. The third-order valence-electron chi connectivity index (χ3n) is 4.57. The maximum atomic E-state index is 12.3. The van der Waals surface area contributed by atoms with Crippen molar-refractivity contribution in [3.63, 3.8) is 0 Å². The van der Waals surface area contributed by atoms with Crippen molar-refractivity contribution in [2.45, 2.75) is 25.6 Å². The van der Waals surface area contributed by atoms with Crippen LogP contribution in [0.1, 0.15) is 17.0 Å². The Labute approximate surface area is 140 Å². The summed E-state index contributed by atoms with van der Waals surface area (Å²) < 4.78 is 5.84. The molecular weight excluding hydrogens is 302 g/mol. The van der Waals surface area contributed by atoms with Crippen molar-refractivity contribution in [2.75, 3.05) is 7.05 Å². The zero-order chi connectivity index (χ0) is 16.5. The van der Waals surface area contributed by atoms with Gasteiger partial charge in [0.05, 0.1) is 12.6 Å². The lowest BCUT2D eigenvalue weighted by molar-refractivity contribution is -0.126. The molecule has 1 amide bonds. The first kappa shape index (κ1) is 14.9. The fourth-order valence-corrected chi connectivity index (χ4v) is 3.33. The van der Waals surface area contributed by atoms with Crippen LogP contribution in [0.2, 0.25) is 0 Å². The van der Waals surface area contributed by atoms with Gasteiger partial charge in [-0.05, 0) is 29.7 Å². The van der Waals surface area contributed by atoms with E-state index in [4.69, 9.17) is 4.42 Å². The van der Waals surface area contributed by atoms with Crippen molar-refractivity contribution in [1.29, 1.82) is 0 Å². The number of fused-ring (bicyclic) bond motifs is 2. The van der Waals surface area contributed by atoms with Gasteiger partial charge in [-0.2, -0.15) is 0 Å². The molecule has 0 fully saturated rings. The summed E-state index contributed by atoms with van der Waals surface area (Å²) in [5.74, 6) is 0.671. The lowest BCUT2D eigenvalue weighted by Gasteiger charge is -2.34. The largest absolute Gasteiger partial charge is 0.439 e. The Kier molecular flexibility index (Phi) is 3.78. The molecule has 122 valence electrons. The number of hydrogen-bond acceptors (Lipinski definition) is 4. The van der Waals surface area contributed by atoms with Gasteiger partial charge in [0.15, 0.2) is 5.58 Å². The molecule has 4 rings (SSSR count). The molecule has 0 aliphatic carbocycles. The van der Waals surface area contributed by atoms with Gasteiger partial charge in [0.1, 0.15) is 5.52 Å². The summed E-state index contributed by atoms with van der Waals surface area (Å²) in [7, 11) is 1.68. The summed E-state index contributed by atoms with van der Waals surface area (Å²) in [5, 5.41) is 2.78. The van der Waals surface area contributed by atoms with E-state index in [-0.39, 0.29) is 11.9 Å². The minimum atomic E-state index is -0.208. The molecule has 1 atom stereocenters. The van der Waals surface area contributed by atoms with Gasteiger partial charge in [0.2, 0.25) is 11.8 Å². The summed E-state index contributed by atoms with van der Waals surface area (Å²) in [6.45, 7) is 1.23. The van der Waals surface area contributed by atoms with E-state index in [1.54, 1.807) is 7.05 Å². The Hall–Kier alpha value is -2.66. The Morgan fingerprint density at radius 3 is 2.75 bits per heavy atom. The maximum Gasteiger partial charge on any atom is 0.237 e. The van der Waals surface area contributed by atoms with Crippen LogP contribution in [0.5, 0.6) is 0 Å². The van der Waals surface area contributed by atoms with E-state index in [0.29, 0.717) is 25.4 Å². The van der Waals surface area contributed by atoms with E-state index in [1.807, 2.05) is 36.4 Å². The van der Waals surface area contributed by atoms with Crippen molar-refractivity contribution >= 4 is 17.0 Å². The van der Waals surface area contributed by atoms with Crippen molar-refractivity contribution in [3.8, 4) is 0 Å². The monoisotopic (exact) mass is 321 g/mol. The number of rotatable bonds is 3. The lowest BCUT2D eigenvalue weighted by atomic mass is 9.93. The molecule has 1 aliphatic rings. The molecule has 0 unspecified atom stereocenters. The number of hydrogen-bond donors (Lipinski definition) is 1. The van der Waals surface area contributed by atoms with Gasteiger partial charge in [-0.1, -0.05) is 36.4 Å². The molecule has 5 nitrogen and oxygen atoms in total. The molecule has 0 saturated carbocycles. The van der Waals surface area contributed by atoms with Crippen LogP contribution in [-0.4, -0.2) is 28.9 Å². The molecule has 0 bridgehead atoms. The van der Waals surface area contributed by atoms with Crippen LogP contribution < -0.4 is 5.32 Å². The molecule has 3 aromatic rings. The minimum Gasteiger partial charge on any atom is -0.439 e. The van der Waals surface area contributed by atoms with E-state index >= 15 is 0 Å². The number of nitrogens with zero attached hydrogens (tertiary/aromatic N) is 2. The van der Waals surface area contributed by atoms with Gasteiger partial charge in [0.25, 0.3) is 0 Å². The van der Waals surface area contributed by atoms with Crippen LogP contribution >= 0.6 is 0 Å². The molecule has 1 aliphatic heterocycles. The second kappa shape index (κ2) is 6.09. The molecule has 0 saturated heterocycles. The molecule has 1 aromatic heterocycles. The molecule has 0 spiro atoms. The Balaban J connectivity index is 1.64. The smallest absolute Gasteiger partial charge is 0.237 e. The number of likely N-dealkylation sites (N-methyl/N-ethyl adjacent to an activating group) is 1. The third kappa shape index (κ3) is 2.67. The molecule has 2 aromatic carbocycles. The first-order chi connectivity index (χ1) is 11.7. The number of aromatic nitrogens is 1. The second-order valence-electron chi connectivity index (χ2n) is 6.08. The van der Waals surface area contributed by atoms with Crippen LogP contribution in [0.15, 0.2) is 52.9 Å². The van der Waals surface area contributed by atoms with Gasteiger partial charge >= 0.3 is 0 Å².